The van der Waals surface area contributed by atoms with E-state index in [1.54, 1.807) is 7.11 Å². The molecule has 0 spiro atoms. The van der Waals surface area contributed by atoms with Gasteiger partial charge >= 0.3 is 5.97 Å². The lowest BCUT2D eigenvalue weighted by atomic mass is 9.89. The van der Waals surface area contributed by atoms with Crippen LogP contribution in [0.5, 0.6) is 5.75 Å². The van der Waals surface area contributed by atoms with E-state index in [9.17, 15) is 4.79 Å². The second-order valence-corrected chi connectivity index (χ2v) is 5.80. The van der Waals surface area contributed by atoms with Crippen molar-refractivity contribution < 1.29 is 14.3 Å². The molecule has 0 bridgehead atoms. The number of methoxy groups -OCH3 is 1. The number of esters is 1. The molecule has 1 fully saturated rings. The molecule has 0 saturated heterocycles. The number of hydrogen-bond donors (Lipinski definition) is 0. The van der Waals surface area contributed by atoms with E-state index >= 15 is 0 Å². The largest absolute Gasteiger partial charge is 0.496 e. The monoisotopic (exact) mass is 340 g/mol. The van der Waals surface area contributed by atoms with Gasteiger partial charge in [0.15, 0.2) is 0 Å². The third-order valence-corrected chi connectivity index (χ3v) is 4.41. The summed E-state index contributed by atoms with van der Waals surface area (Å²) >= 11 is 3.44. The summed E-state index contributed by atoms with van der Waals surface area (Å²) in [6.45, 7) is 0. The summed E-state index contributed by atoms with van der Waals surface area (Å²) in [7, 11) is 1.63. The second kappa shape index (κ2) is 7.67. The zero-order valence-electron chi connectivity index (χ0n) is 11.8. The highest BCUT2D eigenvalue weighted by Gasteiger charge is 2.26. The third-order valence-electron chi connectivity index (χ3n) is 3.82. The maximum absolute atomic E-state index is 12.3. The van der Waals surface area contributed by atoms with Gasteiger partial charge in [-0.15, -0.1) is 0 Å². The van der Waals surface area contributed by atoms with Crippen LogP contribution in [-0.4, -0.2) is 18.4 Å². The van der Waals surface area contributed by atoms with Crippen LogP contribution in [-0.2, 0) is 9.53 Å². The summed E-state index contributed by atoms with van der Waals surface area (Å²) in [6, 6.07) is 7.68. The maximum atomic E-state index is 12.3. The number of ether oxygens (including phenoxy) is 2. The molecule has 20 heavy (non-hydrogen) atoms. The fraction of sp³-hybridized carbons (Fsp3) is 0.562. The lowest BCUT2D eigenvalue weighted by Gasteiger charge is -2.24. The molecule has 0 radical (unpaired) electrons. The Labute approximate surface area is 128 Å². The molecule has 1 aromatic rings. The van der Waals surface area contributed by atoms with Gasteiger partial charge in [-0.05, 0) is 18.9 Å². The predicted octanol–water partition coefficient (Wildman–Crippen LogP) is 4.25. The highest BCUT2D eigenvalue weighted by Crippen LogP contribution is 2.31. The molecule has 0 aromatic heterocycles. The highest BCUT2D eigenvalue weighted by molar-refractivity contribution is 9.09. The van der Waals surface area contributed by atoms with Crippen molar-refractivity contribution in [2.45, 2.75) is 38.2 Å². The molecule has 0 heterocycles. The van der Waals surface area contributed by atoms with Crippen LogP contribution in [0.1, 0.15) is 43.8 Å². The van der Waals surface area contributed by atoms with Crippen LogP contribution in [0.3, 0.4) is 0 Å². The summed E-state index contributed by atoms with van der Waals surface area (Å²) in [4.78, 5) is 12.3. The van der Waals surface area contributed by atoms with Crippen molar-refractivity contribution in [2.75, 3.05) is 12.4 Å². The molecular formula is C16H21BrO3. The van der Waals surface area contributed by atoms with Crippen molar-refractivity contribution in [3.63, 3.8) is 0 Å². The molecule has 1 aliphatic carbocycles. The van der Waals surface area contributed by atoms with Gasteiger partial charge in [-0.2, -0.15) is 0 Å². The molecular weight excluding hydrogens is 320 g/mol. The zero-order valence-corrected chi connectivity index (χ0v) is 13.4. The van der Waals surface area contributed by atoms with E-state index in [0.29, 0.717) is 5.33 Å². The van der Waals surface area contributed by atoms with Crippen molar-refractivity contribution >= 4 is 21.9 Å². The van der Waals surface area contributed by atoms with Gasteiger partial charge in [0.25, 0.3) is 0 Å². The summed E-state index contributed by atoms with van der Waals surface area (Å²) in [6.07, 6.45) is 5.12. The highest BCUT2D eigenvalue weighted by atomic mass is 79.9. The van der Waals surface area contributed by atoms with Crippen LogP contribution in [0.4, 0.5) is 0 Å². The van der Waals surface area contributed by atoms with Crippen LogP contribution in [0.15, 0.2) is 24.3 Å². The zero-order chi connectivity index (χ0) is 14.4. The molecule has 1 atom stereocenters. The Bertz CT molecular complexity index is 441. The smallest absolute Gasteiger partial charge is 0.309 e. The molecule has 2 rings (SSSR count). The van der Waals surface area contributed by atoms with E-state index in [-0.39, 0.29) is 18.0 Å². The lowest BCUT2D eigenvalue weighted by molar-refractivity contribution is -0.154. The Morgan fingerprint density at radius 3 is 2.65 bits per heavy atom. The number of halogens is 1. The van der Waals surface area contributed by atoms with Gasteiger partial charge in [0.1, 0.15) is 11.9 Å². The molecule has 1 aliphatic rings. The maximum Gasteiger partial charge on any atom is 0.309 e. The minimum atomic E-state index is -0.291. The first-order valence-electron chi connectivity index (χ1n) is 7.15. The number of carbonyl (C=O) groups is 1. The van der Waals surface area contributed by atoms with Crippen LogP contribution in [0.25, 0.3) is 0 Å². The average Bonchev–Trinajstić information content (AvgIpc) is 2.53. The topological polar surface area (TPSA) is 35.5 Å². The van der Waals surface area contributed by atoms with Gasteiger partial charge in [-0.3, -0.25) is 4.79 Å². The minimum Gasteiger partial charge on any atom is -0.496 e. The second-order valence-electron chi connectivity index (χ2n) is 5.16. The fourth-order valence-corrected chi connectivity index (χ4v) is 3.17. The quantitative estimate of drug-likeness (QED) is 0.593. The Morgan fingerprint density at radius 2 is 2.00 bits per heavy atom. The molecule has 0 aliphatic heterocycles. The summed E-state index contributed by atoms with van der Waals surface area (Å²) in [5, 5.41) is 0.575. The Balaban J connectivity index is 2.06. The molecule has 1 aromatic carbocycles. The first kappa shape index (κ1) is 15.4. The van der Waals surface area contributed by atoms with E-state index in [1.807, 2.05) is 24.3 Å². The van der Waals surface area contributed by atoms with Crippen molar-refractivity contribution in [2.24, 2.45) is 5.92 Å². The molecule has 4 heteroatoms. The first-order chi connectivity index (χ1) is 9.76. The normalized spacial score (nSPS) is 17.5. The average molecular weight is 341 g/mol. The van der Waals surface area contributed by atoms with Crippen molar-refractivity contribution in [3.05, 3.63) is 29.8 Å². The van der Waals surface area contributed by atoms with E-state index in [2.05, 4.69) is 15.9 Å². The summed E-state index contributed by atoms with van der Waals surface area (Å²) < 4.78 is 11.0. The third kappa shape index (κ3) is 3.75. The fourth-order valence-electron chi connectivity index (χ4n) is 2.69. The molecule has 0 amide bonds. The van der Waals surface area contributed by atoms with Crippen LogP contribution in [0.2, 0.25) is 0 Å². The number of rotatable bonds is 5. The van der Waals surface area contributed by atoms with Gasteiger partial charge in [0.05, 0.1) is 13.0 Å². The standard InChI is InChI=1S/C16H21BrO3/c1-19-14-10-6-5-9-13(14)15(11-17)20-16(18)12-7-3-2-4-8-12/h5-6,9-10,12,15H,2-4,7-8,11H2,1H3/t15-/m1/s1. The molecule has 0 N–H and O–H groups in total. The van der Waals surface area contributed by atoms with Crippen molar-refractivity contribution in [1.29, 1.82) is 0 Å². The summed E-state index contributed by atoms with van der Waals surface area (Å²) in [5.41, 5.74) is 0.913. The molecule has 110 valence electrons. The van der Waals surface area contributed by atoms with Gasteiger partial charge < -0.3 is 9.47 Å². The first-order valence-corrected chi connectivity index (χ1v) is 8.27. The Morgan fingerprint density at radius 1 is 1.30 bits per heavy atom. The number of carbonyl (C=O) groups excluding carboxylic acids is 1. The molecule has 3 nitrogen and oxygen atoms in total. The summed E-state index contributed by atoms with van der Waals surface area (Å²) in [5.74, 6) is 0.758. The number of hydrogen-bond acceptors (Lipinski definition) is 3. The van der Waals surface area contributed by atoms with Crippen molar-refractivity contribution in [3.8, 4) is 5.75 Å². The van der Waals surface area contributed by atoms with Gasteiger partial charge in [0, 0.05) is 10.9 Å². The lowest BCUT2D eigenvalue weighted by Crippen LogP contribution is -2.23. The van der Waals surface area contributed by atoms with Crippen molar-refractivity contribution in [1.82, 2.24) is 0 Å². The van der Waals surface area contributed by atoms with Crippen LogP contribution in [0, 0.1) is 5.92 Å². The number of para-hydroxylation sites is 1. The van der Waals surface area contributed by atoms with E-state index < -0.39 is 0 Å². The number of benzene rings is 1. The predicted molar refractivity (Wildman–Crippen MR) is 82.2 cm³/mol. The Hall–Kier alpha value is -1.03. The SMILES string of the molecule is COc1ccccc1[C@@H](CBr)OC(=O)C1CCCCC1. The molecule has 0 unspecified atom stereocenters. The van der Waals surface area contributed by atoms with Gasteiger partial charge in [-0.1, -0.05) is 53.4 Å². The van der Waals surface area contributed by atoms with Gasteiger partial charge in [0.2, 0.25) is 0 Å². The Kier molecular flexibility index (Phi) is 5.89. The molecule has 1 saturated carbocycles. The minimum absolute atomic E-state index is 0.0694. The van der Waals surface area contributed by atoms with Crippen LogP contribution >= 0.6 is 15.9 Å². The van der Waals surface area contributed by atoms with E-state index in [0.717, 1.165) is 37.0 Å². The van der Waals surface area contributed by atoms with E-state index in [1.165, 1.54) is 6.42 Å². The number of alkyl halides is 1. The van der Waals surface area contributed by atoms with Gasteiger partial charge in [-0.25, -0.2) is 0 Å². The van der Waals surface area contributed by atoms with Crippen LogP contribution < -0.4 is 4.74 Å². The van der Waals surface area contributed by atoms with E-state index in [4.69, 9.17) is 9.47 Å².